The van der Waals surface area contributed by atoms with Crippen molar-refractivity contribution in [3.63, 3.8) is 0 Å². The first-order chi connectivity index (χ1) is 5.74. The van der Waals surface area contributed by atoms with E-state index in [1.807, 2.05) is 14.1 Å². The summed E-state index contributed by atoms with van der Waals surface area (Å²) in [7, 11) is 9.25. The second kappa shape index (κ2) is 4.12. The highest BCUT2D eigenvalue weighted by molar-refractivity contribution is 5.45. The number of anilines is 1. The number of benzene rings is 1. The molecule has 0 bridgehead atoms. The fraction of sp³-hybridized carbons (Fsp3) is 0.300. The maximum absolute atomic E-state index is 5.20. The SMILES string of the molecule is [CH]NCc1ccc(N(C)C)cc1. The van der Waals surface area contributed by atoms with E-state index >= 15 is 0 Å². The summed E-state index contributed by atoms with van der Waals surface area (Å²) in [6.07, 6.45) is 0. The maximum atomic E-state index is 5.20. The zero-order valence-electron chi connectivity index (χ0n) is 7.54. The van der Waals surface area contributed by atoms with E-state index in [-0.39, 0.29) is 0 Å². The average Bonchev–Trinajstić information content (AvgIpc) is 2.06. The Bertz CT molecular complexity index is 226. The molecule has 0 heterocycles. The summed E-state index contributed by atoms with van der Waals surface area (Å²) in [4.78, 5) is 2.07. The Morgan fingerprint density at radius 1 is 1.25 bits per heavy atom. The highest BCUT2D eigenvalue weighted by atomic mass is 15.1. The zero-order chi connectivity index (χ0) is 8.97. The van der Waals surface area contributed by atoms with Crippen molar-refractivity contribution in [2.45, 2.75) is 6.54 Å². The first-order valence-corrected chi connectivity index (χ1v) is 3.94. The average molecular weight is 162 g/mol. The molecule has 0 aliphatic carbocycles. The van der Waals surface area contributed by atoms with Crippen molar-refractivity contribution >= 4 is 5.69 Å². The first kappa shape index (κ1) is 9.07. The van der Waals surface area contributed by atoms with Crippen molar-refractivity contribution in [1.82, 2.24) is 5.32 Å². The van der Waals surface area contributed by atoms with Gasteiger partial charge < -0.3 is 10.2 Å². The fourth-order valence-electron chi connectivity index (χ4n) is 1.03. The largest absolute Gasteiger partial charge is 0.378 e. The molecular weight excluding hydrogens is 148 g/mol. The number of hydrogen-bond acceptors (Lipinski definition) is 2. The quantitative estimate of drug-likeness (QED) is 0.678. The van der Waals surface area contributed by atoms with Crippen LogP contribution >= 0.6 is 0 Å². The van der Waals surface area contributed by atoms with Crippen LogP contribution in [-0.2, 0) is 6.54 Å². The molecule has 0 aromatic heterocycles. The highest BCUT2D eigenvalue weighted by Crippen LogP contribution is 2.11. The molecule has 0 fully saturated rings. The van der Waals surface area contributed by atoms with Crippen molar-refractivity contribution < 1.29 is 0 Å². The lowest BCUT2D eigenvalue weighted by Gasteiger charge is -2.12. The second-order valence-corrected chi connectivity index (χ2v) is 2.94. The molecule has 0 amide bonds. The van der Waals surface area contributed by atoms with Crippen LogP contribution in [0.5, 0.6) is 0 Å². The molecule has 0 atom stereocenters. The molecule has 1 rings (SSSR count). The molecule has 1 aromatic rings. The summed E-state index contributed by atoms with van der Waals surface area (Å²) >= 11 is 0. The third kappa shape index (κ3) is 2.24. The van der Waals surface area contributed by atoms with E-state index in [0.29, 0.717) is 6.54 Å². The summed E-state index contributed by atoms with van der Waals surface area (Å²) in [6, 6.07) is 8.28. The minimum atomic E-state index is 0.716. The van der Waals surface area contributed by atoms with Crippen LogP contribution in [-0.4, -0.2) is 14.1 Å². The smallest absolute Gasteiger partial charge is 0.0410 e. The Morgan fingerprint density at radius 2 is 1.83 bits per heavy atom. The molecular formula is C10H14N2. The van der Waals surface area contributed by atoms with E-state index < -0.39 is 0 Å². The van der Waals surface area contributed by atoms with Crippen molar-refractivity contribution in [1.29, 1.82) is 0 Å². The molecule has 0 spiro atoms. The number of nitrogens with one attached hydrogen (secondary N) is 1. The van der Waals surface area contributed by atoms with Crippen LogP contribution < -0.4 is 10.2 Å². The van der Waals surface area contributed by atoms with Gasteiger partial charge in [0.15, 0.2) is 0 Å². The van der Waals surface area contributed by atoms with Gasteiger partial charge in [0.2, 0.25) is 0 Å². The molecule has 64 valence electrons. The maximum Gasteiger partial charge on any atom is 0.0410 e. The van der Waals surface area contributed by atoms with Crippen LogP contribution in [0.3, 0.4) is 0 Å². The molecule has 1 N–H and O–H groups in total. The lowest BCUT2D eigenvalue weighted by atomic mass is 10.2. The van der Waals surface area contributed by atoms with Gasteiger partial charge in [-0.15, -0.1) is 0 Å². The monoisotopic (exact) mass is 162 g/mol. The van der Waals surface area contributed by atoms with Gasteiger partial charge in [0.25, 0.3) is 0 Å². The van der Waals surface area contributed by atoms with Gasteiger partial charge in [0, 0.05) is 33.4 Å². The lowest BCUT2D eigenvalue weighted by Crippen LogP contribution is -2.08. The van der Waals surface area contributed by atoms with E-state index in [0.717, 1.165) is 0 Å². The summed E-state index contributed by atoms with van der Waals surface area (Å²) in [6.45, 7) is 0.716. The molecule has 0 saturated heterocycles. The zero-order valence-corrected chi connectivity index (χ0v) is 7.54. The highest BCUT2D eigenvalue weighted by Gasteiger charge is 1.94. The van der Waals surface area contributed by atoms with E-state index in [1.54, 1.807) is 0 Å². The summed E-state index contributed by atoms with van der Waals surface area (Å²) in [5, 5.41) is 2.62. The van der Waals surface area contributed by atoms with Crippen molar-refractivity contribution in [3.05, 3.63) is 36.9 Å². The molecule has 0 aliphatic rings. The van der Waals surface area contributed by atoms with Gasteiger partial charge in [0.1, 0.15) is 0 Å². The predicted molar refractivity (Wildman–Crippen MR) is 51.9 cm³/mol. The van der Waals surface area contributed by atoms with E-state index in [4.69, 9.17) is 7.05 Å². The van der Waals surface area contributed by atoms with Gasteiger partial charge in [-0.25, -0.2) is 0 Å². The van der Waals surface area contributed by atoms with Gasteiger partial charge in [-0.2, -0.15) is 0 Å². The van der Waals surface area contributed by atoms with Crippen LogP contribution in [0.2, 0.25) is 0 Å². The predicted octanol–water partition coefficient (Wildman–Crippen LogP) is 1.51. The van der Waals surface area contributed by atoms with Crippen molar-refractivity contribution in [3.8, 4) is 0 Å². The van der Waals surface area contributed by atoms with E-state index in [2.05, 4.69) is 34.5 Å². The molecule has 0 aliphatic heterocycles. The van der Waals surface area contributed by atoms with Crippen LogP contribution in [0, 0.1) is 7.05 Å². The van der Waals surface area contributed by atoms with Crippen molar-refractivity contribution in [2.24, 2.45) is 0 Å². The second-order valence-electron chi connectivity index (χ2n) is 2.94. The molecule has 2 heteroatoms. The number of nitrogens with zero attached hydrogens (tertiary/aromatic N) is 1. The lowest BCUT2D eigenvalue weighted by molar-refractivity contribution is 0.866. The van der Waals surface area contributed by atoms with Crippen LogP contribution in [0.25, 0.3) is 0 Å². The number of hydrogen-bond donors (Lipinski definition) is 1. The van der Waals surface area contributed by atoms with Gasteiger partial charge in [-0.1, -0.05) is 12.1 Å². The van der Waals surface area contributed by atoms with E-state index in [9.17, 15) is 0 Å². The molecule has 2 nitrogen and oxygen atoms in total. The summed E-state index contributed by atoms with van der Waals surface area (Å²) in [5.41, 5.74) is 2.40. The van der Waals surface area contributed by atoms with E-state index in [1.165, 1.54) is 11.3 Å². The molecule has 0 saturated carbocycles. The van der Waals surface area contributed by atoms with Gasteiger partial charge >= 0.3 is 0 Å². The minimum Gasteiger partial charge on any atom is -0.378 e. The van der Waals surface area contributed by atoms with Crippen LogP contribution in [0.4, 0.5) is 5.69 Å². The molecule has 1 aromatic carbocycles. The first-order valence-electron chi connectivity index (χ1n) is 3.94. The Morgan fingerprint density at radius 3 is 2.25 bits per heavy atom. The Hall–Kier alpha value is -1.02. The van der Waals surface area contributed by atoms with Crippen molar-refractivity contribution in [2.75, 3.05) is 19.0 Å². The topological polar surface area (TPSA) is 15.3 Å². The van der Waals surface area contributed by atoms with Crippen LogP contribution in [0.1, 0.15) is 5.56 Å². The third-order valence-electron chi connectivity index (χ3n) is 1.76. The molecule has 0 unspecified atom stereocenters. The Labute approximate surface area is 74.2 Å². The van der Waals surface area contributed by atoms with Gasteiger partial charge in [-0.3, -0.25) is 0 Å². The molecule has 2 radical (unpaired) electrons. The Balaban J connectivity index is 2.71. The normalized spacial score (nSPS) is 9.92. The fourth-order valence-corrected chi connectivity index (χ4v) is 1.03. The number of rotatable bonds is 3. The Kier molecular flexibility index (Phi) is 3.11. The minimum absolute atomic E-state index is 0.716. The standard InChI is InChI=1S/C10H14N2/c1-11-8-9-4-6-10(7-5-9)12(2)3/h1,4-7,11H,8H2,2-3H3. The summed E-state index contributed by atoms with van der Waals surface area (Å²) in [5.74, 6) is 0. The van der Waals surface area contributed by atoms with Gasteiger partial charge in [-0.05, 0) is 17.7 Å². The summed E-state index contributed by atoms with van der Waals surface area (Å²) < 4.78 is 0. The molecule has 12 heavy (non-hydrogen) atoms. The third-order valence-corrected chi connectivity index (χ3v) is 1.76. The van der Waals surface area contributed by atoms with Gasteiger partial charge in [0.05, 0.1) is 0 Å². The van der Waals surface area contributed by atoms with Crippen LogP contribution in [0.15, 0.2) is 24.3 Å².